The highest BCUT2D eigenvalue weighted by atomic mass is 16.1. The lowest BCUT2D eigenvalue weighted by molar-refractivity contribution is 0.0963. The molecule has 0 fully saturated rings. The summed E-state index contributed by atoms with van der Waals surface area (Å²) in [5.41, 5.74) is 3.21. The Morgan fingerprint density at radius 3 is 2.86 bits per heavy atom. The van der Waals surface area contributed by atoms with Crippen molar-refractivity contribution in [2.45, 2.75) is 0 Å². The van der Waals surface area contributed by atoms with Crippen LogP contribution in [0.3, 0.4) is 0 Å². The maximum atomic E-state index is 11.6. The molecule has 2 aromatic carbocycles. The van der Waals surface area contributed by atoms with Crippen LogP contribution in [0.15, 0.2) is 42.5 Å². The van der Waals surface area contributed by atoms with Gasteiger partial charge in [-0.25, -0.2) is 4.98 Å². The van der Waals surface area contributed by atoms with Crippen molar-refractivity contribution in [3.05, 3.63) is 53.6 Å². The number of imidazole rings is 1. The molecule has 3 rings (SSSR count). The third-order valence-electron chi connectivity index (χ3n) is 3.25. The van der Waals surface area contributed by atoms with Gasteiger partial charge in [-0.1, -0.05) is 12.1 Å². The van der Waals surface area contributed by atoms with E-state index < -0.39 is 0 Å². The fraction of sp³-hybridized carbons (Fsp3) is 0.0625. The molecular formula is C16H13N5O. The van der Waals surface area contributed by atoms with Crippen LogP contribution in [-0.2, 0) is 0 Å². The number of nitriles is 1. The Morgan fingerprint density at radius 1 is 1.27 bits per heavy atom. The summed E-state index contributed by atoms with van der Waals surface area (Å²) in [5, 5.41) is 14.8. The van der Waals surface area contributed by atoms with Crippen molar-refractivity contribution in [2.75, 3.05) is 12.4 Å². The van der Waals surface area contributed by atoms with E-state index in [0.29, 0.717) is 22.6 Å². The van der Waals surface area contributed by atoms with Gasteiger partial charge in [0.25, 0.3) is 5.91 Å². The lowest BCUT2D eigenvalue weighted by atomic mass is 10.2. The highest BCUT2D eigenvalue weighted by Gasteiger charge is 2.08. The zero-order valence-electron chi connectivity index (χ0n) is 11.8. The fourth-order valence-corrected chi connectivity index (χ4v) is 2.20. The first-order valence-electron chi connectivity index (χ1n) is 6.69. The summed E-state index contributed by atoms with van der Waals surface area (Å²) in [4.78, 5) is 19.1. The van der Waals surface area contributed by atoms with E-state index in [4.69, 9.17) is 5.26 Å². The zero-order chi connectivity index (χ0) is 15.5. The summed E-state index contributed by atoms with van der Waals surface area (Å²) in [6.07, 6.45) is 0. The molecule has 3 aromatic rings. The van der Waals surface area contributed by atoms with Gasteiger partial charge in [0.15, 0.2) is 0 Å². The van der Waals surface area contributed by atoms with Crippen LogP contribution < -0.4 is 10.6 Å². The minimum atomic E-state index is -0.153. The third-order valence-corrected chi connectivity index (χ3v) is 3.25. The predicted molar refractivity (Wildman–Crippen MR) is 83.9 cm³/mol. The van der Waals surface area contributed by atoms with Crippen molar-refractivity contribution < 1.29 is 4.79 Å². The predicted octanol–water partition coefficient (Wildman–Crippen LogP) is 2.54. The molecule has 108 valence electrons. The number of fused-ring (bicyclic) bond motifs is 1. The molecule has 0 aliphatic heterocycles. The summed E-state index contributed by atoms with van der Waals surface area (Å²) in [6, 6.07) is 14.6. The summed E-state index contributed by atoms with van der Waals surface area (Å²) < 4.78 is 0. The van der Waals surface area contributed by atoms with Crippen LogP contribution in [0.1, 0.15) is 15.9 Å². The first-order valence-corrected chi connectivity index (χ1v) is 6.69. The van der Waals surface area contributed by atoms with E-state index in [1.807, 2.05) is 12.1 Å². The number of nitrogens with one attached hydrogen (secondary N) is 3. The Labute approximate surface area is 126 Å². The van der Waals surface area contributed by atoms with Crippen LogP contribution in [0.25, 0.3) is 11.0 Å². The normalized spacial score (nSPS) is 10.2. The number of amides is 1. The van der Waals surface area contributed by atoms with E-state index >= 15 is 0 Å². The second-order valence-electron chi connectivity index (χ2n) is 4.68. The number of carbonyl (C=O) groups is 1. The smallest absolute Gasteiger partial charge is 0.251 e. The number of nitrogens with zero attached hydrogens (tertiary/aromatic N) is 2. The third kappa shape index (κ3) is 2.47. The van der Waals surface area contributed by atoms with Crippen molar-refractivity contribution >= 4 is 28.6 Å². The van der Waals surface area contributed by atoms with Gasteiger partial charge >= 0.3 is 0 Å². The van der Waals surface area contributed by atoms with Crippen LogP contribution in [0, 0.1) is 11.3 Å². The highest BCUT2D eigenvalue weighted by molar-refractivity contribution is 5.95. The molecule has 3 N–H and O–H groups in total. The van der Waals surface area contributed by atoms with Crippen LogP contribution >= 0.6 is 0 Å². The number of aromatic nitrogens is 2. The quantitative estimate of drug-likeness (QED) is 0.691. The molecule has 6 nitrogen and oxygen atoms in total. The number of hydrogen-bond donors (Lipinski definition) is 3. The average molecular weight is 291 g/mol. The second kappa shape index (κ2) is 5.58. The molecule has 0 saturated carbocycles. The average Bonchev–Trinajstić information content (AvgIpc) is 2.96. The maximum Gasteiger partial charge on any atom is 0.251 e. The number of anilines is 2. The SMILES string of the molecule is CNC(=O)c1cccc(Nc2nc3c(C#N)cccc3[nH]2)c1. The van der Waals surface area contributed by atoms with Gasteiger partial charge in [0, 0.05) is 18.3 Å². The van der Waals surface area contributed by atoms with Crippen molar-refractivity contribution in [1.29, 1.82) is 5.26 Å². The van der Waals surface area contributed by atoms with E-state index in [-0.39, 0.29) is 5.91 Å². The Kier molecular flexibility index (Phi) is 3.46. The number of H-pyrrole nitrogens is 1. The Hall–Kier alpha value is -3.33. The molecule has 22 heavy (non-hydrogen) atoms. The van der Waals surface area contributed by atoms with Gasteiger partial charge in [0.1, 0.15) is 11.6 Å². The molecule has 1 aromatic heterocycles. The molecule has 0 atom stereocenters. The number of para-hydroxylation sites is 1. The highest BCUT2D eigenvalue weighted by Crippen LogP contribution is 2.21. The molecule has 1 amide bonds. The first-order chi connectivity index (χ1) is 10.7. The summed E-state index contributed by atoms with van der Waals surface area (Å²) >= 11 is 0. The molecule has 0 unspecified atom stereocenters. The molecule has 0 bridgehead atoms. The van der Waals surface area contributed by atoms with Crippen LogP contribution in [0.4, 0.5) is 11.6 Å². The molecule has 0 aliphatic rings. The van der Waals surface area contributed by atoms with E-state index in [1.165, 1.54) is 0 Å². The fourth-order valence-electron chi connectivity index (χ4n) is 2.20. The summed E-state index contributed by atoms with van der Waals surface area (Å²) in [7, 11) is 1.59. The zero-order valence-corrected chi connectivity index (χ0v) is 11.8. The topological polar surface area (TPSA) is 93.6 Å². The van der Waals surface area contributed by atoms with Gasteiger partial charge in [-0.2, -0.15) is 5.26 Å². The minimum absolute atomic E-state index is 0.153. The van der Waals surface area contributed by atoms with Gasteiger partial charge in [0.05, 0.1) is 11.1 Å². The van der Waals surface area contributed by atoms with E-state index in [9.17, 15) is 4.79 Å². The monoisotopic (exact) mass is 291 g/mol. The molecule has 0 radical (unpaired) electrons. The number of carbonyl (C=O) groups excluding carboxylic acids is 1. The van der Waals surface area contributed by atoms with Gasteiger partial charge in [-0.3, -0.25) is 4.79 Å². The molecule has 0 saturated heterocycles. The van der Waals surface area contributed by atoms with Crippen molar-refractivity contribution in [3.8, 4) is 6.07 Å². The van der Waals surface area contributed by atoms with Crippen LogP contribution in [0.5, 0.6) is 0 Å². The Morgan fingerprint density at radius 2 is 2.09 bits per heavy atom. The maximum absolute atomic E-state index is 11.6. The molecular weight excluding hydrogens is 278 g/mol. The van der Waals surface area contributed by atoms with Crippen molar-refractivity contribution in [3.63, 3.8) is 0 Å². The second-order valence-corrected chi connectivity index (χ2v) is 4.68. The Bertz CT molecular complexity index is 891. The van der Waals surface area contributed by atoms with E-state index in [1.54, 1.807) is 37.4 Å². The Balaban J connectivity index is 1.94. The molecule has 1 heterocycles. The van der Waals surface area contributed by atoms with Crippen LogP contribution in [-0.4, -0.2) is 22.9 Å². The number of benzene rings is 2. The number of hydrogen-bond acceptors (Lipinski definition) is 4. The largest absolute Gasteiger partial charge is 0.355 e. The lowest BCUT2D eigenvalue weighted by Gasteiger charge is -2.05. The first kappa shape index (κ1) is 13.6. The molecule has 0 spiro atoms. The van der Waals surface area contributed by atoms with E-state index in [0.717, 1.165) is 11.2 Å². The molecule has 6 heteroatoms. The molecule has 0 aliphatic carbocycles. The summed E-state index contributed by atoms with van der Waals surface area (Å²) in [5.74, 6) is 0.367. The van der Waals surface area contributed by atoms with Crippen LogP contribution in [0.2, 0.25) is 0 Å². The van der Waals surface area contributed by atoms with Gasteiger partial charge in [0.2, 0.25) is 5.95 Å². The van der Waals surface area contributed by atoms with Crippen molar-refractivity contribution in [2.24, 2.45) is 0 Å². The van der Waals surface area contributed by atoms with Gasteiger partial charge in [-0.15, -0.1) is 0 Å². The van der Waals surface area contributed by atoms with E-state index in [2.05, 4.69) is 26.7 Å². The lowest BCUT2D eigenvalue weighted by Crippen LogP contribution is -2.17. The van der Waals surface area contributed by atoms with Gasteiger partial charge < -0.3 is 15.6 Å². The number of rotatable bonds is 3. The number of aromatic amines is 1. The van der Waals surface area contributed by atoms with Crippen molar-refractivity contribution in [1.82, 2.24) is 15.3 Å². The van der Waals surface area contributed by atoms with Gasteiger partial charge in [-0.05, 0) is 30.3 Å². The summed E-state index contributed by atoms with van der Waals surface area (Å²) in [6.45, 7) is 0. The standard InChI is InChI=1S/C16H13N5O/c1-18-15(22)10-4-2-6-12(8-10)19-16-20-13-7-3-5-11(9-17)14(13)21-16/h2-8H,1H3,(H,18,22)(H2,19,20,21). The minimum Gasteiger partial charge on any atom is -0.355 e.